The van der Waals surface area contributed by atoms with E-state index in [1.165, 1.54) is 29.5 Å². The maximum Gasteiger partial charge on any atom is 0.348 e. The third-order valence-electron chi connectivity index (χ3n) is 3.11. The molecule has 4 nitrogen and oxygen atoms in total. The number of nitrogens with one attached hydrogen (secondary N) is 1. The van der Waals surface area contributed by atoms with Crippen LogP contribution < -0.4 is 5.32 Å². The highest BCUT2D eigenvalue weighted by Crippen LogP contribution is 2.25. The van der Waals surface area contributed by atoms with Crippen LogP contribution in [0.3, 0.4) is 0 Å². The average molecular weight is 329 g/mol. The van der Waals surface area contributed by atoms with E-state index in [1.54, 1.807) is 12.1 Å². The van der Waals surface area contributed by atoms with Crippen molar-refractivity contribution in [1.82, 2.24) is 0 Å². The summed E-state index contributed by atoms with van der Waals surface area (Å²) in [6.45, 7) is -0.471. The van der Waals surface area contributed by atoms with Crippen molar-refractivity contribution in [3.8, 4) is 0 Å². The molecule has 0 unspecified atom stereocenters. The number of fused-ring (bicyclic) bond motifs is 1. The number of benzene rings is 2. The number of amides is 1. The zero-order chi connectivity index (χ0) is 16.2. The number of halogens is 1. The van der Waals surface area contributed by atoms with Crippen molar-refractivity contribution in [3.05, 3.63) is 65.3 Å². The maximum absolute atomic E-state index is 13.4. The van der Waals surface area contributed by atoms with Gasteiger partial charge in [0.25, 0.3) is 5.91 Å². The first-order valence-electron chi connectivity index (χ1n) is 6.83. The van der Waals surface area contributed by atoms with Gasteiger partial charge >= 0.3 is 5.97 Å². The van der Waals surface area contributed by atoms with E-state index in [2.05, 4.69) is 5.32 Å². The second kappa shape index (κ2) is 6.58. The van der Waals surface area contributed by atoms with E-state index in [0.717, 1.165) is 10.1 Å². The van der Waals surface area contributed by atoms with E-state index in [-0.39, 0.29) is 5.69 Å². The Kier molecular flexibility index (Phi) is 4.34. The first-order valence-corrected chi connectivity index (χ1v) is 7.65. The molecule has 1 N–H and O–H groups in total. The van der Waals surface area contributed by atoms with Crippen molar-refractivity contribution < 1.29 is 18.7 Å². The molecule has 0 fully saturated rings. The number of rotatable bonds is 4. The summed E-state index contributed by atoms with van der Waals surface area (Å²) in [6.07, 6.45) is 0. The highest BCUT2D eigenvalue weighted by Gasteiger charge is 2.14. The summed E-state index contributed by atoms with van der Waals surface area (Å²) in [4.78, 5) is 24.1. The summed E-state index contributed by atoms with van der Waals surface area (Å²) in [5.74, 6) is -1.71. The summed E-state index contributed by atoms with van der Waals surface area (Å²) >= 11 is 1.30. The molecule has 1 amide bonds. The Bertz CT molecular complexity index is 842. The Hall–Kier alpha value is -2.73. The van der Waals surface area contributed by atoms with Crippen molar-refractivity contribution in [2.75, 3.05) is 11.9 Å². The normalized spacial score (nSPS) is 10.5. The third kappa shape index (κ3) is 3.54. The van der Waals surface area contributed by atoms with Crippen LogP contribution in [0.5, 0.6) is 0 Å². The summed E-state index contributed by atoms with van der Waals surface area (Å²) in [7, 11) is 0. The lowest BCUT2D eigenvalue weighted by Crippen LogP contribution is -2.21. The van der Waals surface area contributed by atoms with Gasteiger partial charge in [-0.1, -0.05) is 30.3 Å². The molecule has 3 aromatic rings. The van der Waals surface area contributed by atoms with E-state index < -0.39 is 24.3 Å². The molecule has 0 aliphatic rings. The van der Waals surface area contributed by atoms with E-state index in [4.69, 9.17) is 4.74 Å². The zero-order valence-electron chi connectivity index (χ0n) is 11.9. The lowest BCUT2D eigenvalue weighted by molar-refractivity contribution is -0.119. The molecule has 0 radical (unpaired) electrons. The Balaban J connectivity index is 1.60. The average Bonchev–Trinajstić information content (AvgIpc) is 2.99. The van der Waals surface area contributed by atoms with Crippen molar-refractivity contribution >= 4 is 39.0 Å². The molecule has 1 aromatic heterocycles. The molecule has 1 heterocycles. The molecule has 0 bridgehead atoms. The van der Waals surface area contributed by atoms with Crippen LogP contribution in [-0.2, 0) is 9.53 Å². The molecule has 0 saturated carbocycles. The van der Waals surface area contributed by atoms with Crippen LogP contribution in [0.2, 0.25) is 0 Å². The molecular formula is C17H12FNO3S. The Labute approximate surface area is 135 Å². The van der Waals surface area contributed by atoms with Crippen LogP contribution in [0.4, 0.5) is 10.1 Å². The summed E-state index contributed by atoms with van der Waals surface area (Å²) in [6, 6.07) is 15.1. The van der Waals surface area contributed by atoms with Crippen LogP contribution in [0.1, 0.15) is 9.67 Å². The molecule has 6 heteroatoms. The Morgan fingerprint density at radius 2 is 1.83 bits per heavy atom. The fraction of sp³-hybridized carbons (Fsp3) is 0.0588. The molecule has 116 valence electrons. The van der Waals surface area contributed by atoms with E-state index >= 15 is 0 Å². The van der Waals surface area contributed by atoms with Crippen LogP contribution in [0, 0.1) is 5.82 Å². The predicted octanol–water partition coefficient (Wildman–Crippen LogP) is 3.84. The molecule has 0 saturated heterocycles. The molecular weight excluding hydrogens is 317 g/mol. The van der Waals surface area contributed by atoms with Gasteiger partial charge in [0.15, 0.2) is 6.61 Å². The minimum Gasteiger partial charge on any atom is -0.451 e. The first-order chi connectivity index (χ1) is 11.1. The van der Waals surface area contributed by atoms with E-state index in [9.17, 15) is 14.0 Å². The summed E-state index contributed by atoms with van der Waals surface area (Å²) < 4.78 is 19.3. The number of para-hydroxylation sites is 1. The lowest BCUT2D eigenvalue weighted by Gasteiger charge is -2.06. The fourth-order valence-corrected chi connectivity index (χ4v) is 2.99. The smallest absolute Gasteiger partial charge is 0.348 e. The van der Waals surface area contributed by atoms with E-state index in [0.29, 0.717) is 4.88 Å². The van der Waals surface area contributed by atoms with Crippen LogP contribution in [0.15, 0.2) is 54.6 Å². The topological polar surface area (TPSA) is 55.4 Å². The van der Waals surface area contributed by atoms with E-state index in [1.807, 2.05) is 24.3 Å². The number of hydrogen-bond donors (Lipinski definition) is 1. The Morgan fingerprint density at radius 3 is 2.61 bits per heavy atom. The molecule has 0 aliphatic heterocycles. The number of esters is 1. The minimum absolute atomic E-state index is 0.0513. The van der Waals surface area contributed by atoms with Crippen molar-refractivity contribution in [2.45, 2.75) is 0 Å². The number of thiophene rings is 1. The molecule has 0 atom stereocenters. The first kappa shape index (κ1) is 15.2. The van der Waals surface area contributed by atoms with Crippen LogP contribution in [0.25, 0.3) is 10.1 Å². The lowest BCUT2D eigenvalue weighted by atomic mass is 10.2. The van der Waals surface area contributed by atoms with Crippen molar-refractivity contribution in [2.24, 2.45) is 0 Å². The van der Waals surface area contributed by atoms with Crippen molar-refractivity contribution in [3.63, 3.8) is 0 Å². The standard InChI is InChI=1S/C17H12FNO3S/c18-12-6-2-3-7-13(12)19-16(20)10-22-17(21)15-9-11-5-1-4-8-14(11)23-15/h1-9H,10H2,(H,19,20). The molecule has 23 heavy (non-hydrogen) atoms. The van der Waals surface area contributed by atoms with Gasteiger partial charge < -0.3 is 10.1 Å². The Morgan fingerprint density at radius 1 is 1.09 bits per heavy atom. The van der Waals surface area contributed by atoms with Gasteiger partial charge in [-0.05, 0) is 29.7 Å². The van der Waals surface area contributed by atoms with Crippen LogP contribution in [-0.4, -0.2) is 18.5 Å². The third-order valence-corrected chi connectivity index (χ3v) is 4.21. The number of carbonyl (C=O) groups excluding carboxylic acids is 2. The predicted molar refractivity (Wildman–Crippen MR) is 87.1 cm³/mol. The number of carbonyl (C=O) groups is 2. The van der Waals surface area contributed by atoms with Gasteiger partial charge in [-0.25, -0.2) is 9.18 Å². The van der Waals surface area contributed by atoms with Gasteiger partial charge in [0.05, 0.1) is 5.69 Å². The second-order valence-corrected chi connectivity index (χ2v) is 5.84. The van der Waals surface area contributed by atoms with Crippen molar-refractivity contribution in [1.29, 1.82) is 0 Å². The fourth-order valence-electron chi connectivity index (χ4n) is 2.03. The number of ether oxygens (including phenoxy) is 1. The van der Waals surface area contributed by atoms with Gasteiger partial charge in [0.2, 0.25) is 0 Å². The largest absolute Gasteiger partial charge is 0.451 e. The van der Waals surface area contributed by atoms with Gasteiger partial charge in [-0.3, -0.25) is 4.79 Å². The highest BCUT2D eigenvalue weighted by atomic mass is 32.1. The highest BCUT2D eigenvalue weighted by molar-refractivity contribution is 7.20. The zero-order valence-corrected chi connectivity index (χ0v) is 12.7. The summed E-state index contributed by atoms with van der Waals surface area (Å²) in [5, 5.41) is 3.30. The molecule has 0 aliphatic carbocycles. The molecule has 0 spiro atoms. The monoisotopic (exact) mass is 329 g/mol. The maximum atomic E-state index is 13.4. The van der Waals surface area contributed by atoms with Gasteiger partial charge in [-0.15, -0.1) is 11.3 Å². The minimum atomic E-state index is -0.593. The quantitative estimate of drug-likeness (QED) is 0.740. The number of hydrogen-bond acceptors (Lipinski definition) is 4. The number of anilines is 1. The van der Waals surface area contributed by atoms with Gasteiger partial charge in [0.1, 0.15) is 10.7 Å². The SMILES string of the molecule is O=C(COC(=O)c1cc2ccccc2s1)Nc1ccccc1F. The molecule has 3 rings (SSSR count). The van der Waals surface area contributed by atoms with Gasteiger partial charge in [-0.2, -0.15) is 0 Å². The molecule has 2 aromatic carbocycles. The van der Waals surface area contributed by atoms with Gasteiger partial charge in [0, 0.05) is 4.70 Å². The van der Waals surface area contributed by atoms with Crippen LogP contribution >= 0.6 is 11.3 Å². The summed E-state index contributed by atoms with van der Waals surface area (Å²) in [5.41, 5.74) is 0.0513. The second-order valence-electron chi connectivity index (χ2n) is 4.75.